The van der Waals surface area contributed by atoms with E-state index in [1.807, 2.05) is 19.1 Å². The van der Waals surface area contributed by atoms with E-state index < -0.39 is 0 Å². The van der Waals surface area contributed by atoms with Crippen LogP contribution in [0.1, 0.15) is 29.3 Å². The fourth-order valence-corrected chi connectivity index (χ4v) is 2.31. The van der Waals surface area contributed by atoms with Crippen molar-refractivity contribution in [3.8, 4) is 0 Å². The Morgan fingerprint density at radius 1 is 1.50 bits per heavy atom. The Morgan fingerprint density at radius 3 is 2.89 bits per heavy atom. The molecule has 1 aromatic carbocycles. The minimum Gasteiger partial charge on any atom is -0.399 e. The number of nitrogens with two attached hydrogens (primary N) is 1. The first-order chi connectivity index (χ1) is 8.56. The van der Waals surface area contributed by atoms with Gasteiger partial charge in [0.15, 0.2) is 0 Å². The van der Waals surface area contributed by atoms with E-state index in [-0.39, 0.29) is 12.0 Å². The lowest BCUT2D eigenvalue weighted by Crippen LogP contribution is -2.32. The summed E-state index contributed by atoms with van der Waals surface area (Å²) in [6.45, 7) is 5.43. The van der Waals surface area contributed by atoms with Gasteiger partial charge >= 0.3 is 0 Å². The number of rotatable bonds is 3. The number of carbonyl (C=O) groups is 1. The molecule has 2 rings (SSSR count). The number of amides is 1. The van der Waals surface area contributed by atoms with E-state index in [0.29, 0.717) is 23.7 Å². The fraction of sp³-hybridized carbons (Fsp3) is 0.500. The van der Waals surface area contributed by atoms with Crippen LogP contribution in [0.5, 0.6) is 0 Å². The van der Waals surface area contributed by atoms with Crippen LogP contribution in [0.4, 0.5) is 5.69 Å². The van der Waals surface area contributed by atoms with Crippen molar-refractivity contribution in [2.45, 2.75) is 26.4 Å². The van der Waals surface area contributed by atoms with Crippen LogP contribution in [0.3, 0.4) is 0 Å². The standard InChI is InChI=1S/C14H20N2O2/c1-9-5-12(7-13(15)6-9)14(17)16-8-11-3-4-18-10(11)2/h5-7,10-11H,3-4,8,15H2,1-2H3,(H,16,17). The van der Waals surface area contributed by atoms with E-state index in [9.17, 15) is 4.79 Å². The van der Waals surface area contributed by atoms with E-state index >= 15 is 0 Å². The van der Waals surface area contributed by atoms with Crippen molar-refractivity contribution in [1.82, 2.24) is 5.32 Å². The summed E-state index contributed by atoms with van der Waals surface area (Å²) in [5, 5.41) is 2.95. The number of hydrogen-bond acceptors (Lipinski definition) is 3. The molecule has 0 spiro atoms. The molecule has 0 saturated carbocycles. The highest BCUT2D eigenvalue weighted by Gasteiger charge is 2.24. The molecule has 1 amide bonds. The Bertz CT molecular complexity index is 425. The molecular weight excluding hydrogens is 228 g/mol. The minimum atomic E-state index is -0.0653. The van der Waals surface area contributed by atoms with E-state index in [4.69, 9.17) is 10.5 Å². The summed E-state index contributed by atoms with van der Waals surface area (Å²) in [5.41, 5.74) is 7.98. The van der Waals surface area contributed by atoms with Crippen LogP contribution < -0.4 is 11.1 Å². The van der Waals surface area contributed by atoms with Gasteiger partial charge in [-0.25, -0.2) is 0 Å². The fourth-order valence-electron chi connectivity index (χ4n) is 2.31. The molecule has 0 radical (unpaired) electrons. The van der Waals surface area contributed by atoms with Crippen LogP contribution in [0.25, 0.3) is 0 Å². The van der Waals surface area contributed by atoms with Crippen LogP contribution in [0.2, 0.25) is 0 Å². The first-order valence-corrected chi connectivity index (χ1v) is 6.33. The van der Waals surface area contributed by atoms with Gasteiger partial charge in [-0.1, -0.05) is 0 Å². The molecule has 1 heterocycles. The average molecular weight is 248 g/mol. The van der Waals surface area contributed by atoms with Crippen LogP contribution in [0.15, 0.2) is 18.2 Å². The molecule has 1 saturated heterocycles. The molecule has 1 aromatic rings. The van der Waals surface area contributed by atoms with Crippen molar-refractivity contribution in [3.63, 3.8) is 0 Å². The summed E-state index contributed by atoms with van der Waals surface area (Å²) in [7, 11) is 0. The second-order valence-corrected chi connectivity index (χ2v) is 4.97. The van der Waals surface area contributed by atoms with Crippen LogP contribution in [-0.4, -0.2) is 25.2 Å². The molecule has 18 heavy (non-hydrogen) atoms. The summed E-state index contributed by atoms with van der Waals surface area (Å²) >= 11 is 0. The van der Waals surface area contributed by atoms with Crippen molar-refractivity contribution in [2.24, 2.45) is 5.92 Å². The lowest BCUT2D eigenvalue weighted by Gasteiger charge is -2.15. The highest BCUT2D eigenvalue weighted by Crippen LogP contribution is 2.19. The molecular formula is C14H20N2O2. The monoisotopic (exact) mass is 248 g/mol. The van der Waals surface area contributed by atoms with Crippen molar-refractivity contribution in [2.75, 3.05) is 18.9 Å². The highest BCUT2D eigenvalue weighted by atomic mass is 16.5. The molecule has 0 bridgehead atoms. The van der Waals surface area contributed by atoms with Gasteiger partial charge in [0, 0.05) is 30.3 Å². The normalized spacial score (nSPS) is 23.0. The van der Waals surface area contributed by atoms with Gasteiger partial charge in [0.2, 0.25) is 0 Å². The Kier molecular flexibility index (Phi) is 3.87. The summed E-state index contributed by atoms with van der Waals surface area (Å²) in [6.07, 6.45) is 1.24. The summed E-state index contributed by atoms with van der Waals surface area (Å²) < 4.78 is 5.47. The third kappa shape index (κ3) is 3.01. The quantitative estimate of drug-likeness (QED) is 0.801. The van der Waals surface area contributed by atoms with Gasteiger partial charge in [0.05, 0.1) is 6.10 Å². The number of anilines is 1. The largest absolute Gasteiger partial charge is 0.399 e. The van der Waals surface area contributed by atoms with Crippen molar-refractivity contribution < 1.29 is 9.53 Å². The van der Waals surface area contributed by atoms with Gasteiger partial charge in [-0.15, -0.1) is 0 Å². The number of carbonyl (C=O) groups excluding carboxylic acids is 1. The van der Waals surface area contributed by atoms with Crippen LogP contribution in [-0.2, 0) is 4.74 Å². The summed E-state index contributed by atoms with van der Waals surface area (Å²) in [5.74, 6) is 0.348. The first kappa shape index (κ1) is 12.9. The molecule has 98 valence electrons. The zero-order valence-corrected chi connectivity index (χ0v) is 10.9. The van der Waals surface area contributed by atoms with Crippen LogP contribution >= 0.6 is 0 Å². The minimum absolute atomic E-state index is 0.0653. The summed E-state index contributed by atoms with van der Waals surface area (Å²) in [4.78, 5) is 12.0. The predicted octanol–water partition coefficient (Wildman–Crippen LogP) is 1.73. The molecule has 1 fully saturated rings. The zero-order chi connectivity index (χ0) is 13.1. The Labute approximate surface area is 108 Å². The van der Waals surface area contributed by atoms with Gasteiger partial charge in [-0.3, -0.25) is 4.79 Å². The maximum absolute atomic E-state index is 12.0. The number of aryl methyl sites for hydroxylation is 1. The van der Waals surface area contributed by atoms with Crippen LogP contribution in [0, 0.1) is 12.8 Å². The maximum Gasteiger partial charge on any atom is 0.251 e. The van der Waals surface area contributed by atoms with Gasteiger partial charge in [0.1, 0.15) is 0 Å². The molecule has 1 aliphatic rings. The van der Waals surface area contributed by atoms with Gasteiger partial charge in [0.25, 0.3) is 5.91 Å². The molecule has 0 aliphatic carbocycles. The number of ether oxygens (including phenoxy) is 1. The zero-order valence-electron chi connectivity index (χ0n) is 10.9. The van der Waals surface area contributed by atoms with Gasteiger partial charge in [-0.2, -0.15) is 0 Å². The van der Waals surface area contributed by atoms with Crippen molar-refractivity contribution in [1.29, 1.82) is 0 Å². The Hall–Kier alpha value is -1.55. The second kappa shape index (κ2) is 5.40. The number of nitrogens with one attached hydrogen (secondary N) is 1. The maximum atomic E-state index is 12.0. The second-order valence-electron chi connectivity index (χ2n) is 4.97. The number of hydrogen-bond donors (Lipinski definition) is 2. The van der Waals surface area contributed by atoms with E-state index in [1.54, 1.807) is 6.07 Å². The number of benzene rings is 1. The molecule has 2 unspecified atom stereocenters. The molecule has 1 aliphatic heterocycles. The SMILES string of the molecule is Cc1cc(N)cc(C(=O)NCC2CCOC2C)c1. The molecule has 4 heteroatoms. The highest BCUT2D eigenvalue weighted by molar-refractivity contribution is 5.95. The van der Waals surface area contributed by atoms with E-state index in [0.717, 1.165) is 18.6 Å². The lowest BCUT2D eigenvalue weighted by atomic mass is 10.0. The third-order valence-corrected chi connectivity index (χ3v) is 3.42. The van der Waals surface area contributed by atoms with Gasteiger partial charge in [-0.05, 0) is 44.0 Å². The Morgan fingerprint density at radius 2 is 2.28 bits per heavy atom. The van der Waals surface area contributed by atoms with Crippen molar-refractivity contribution in [3.05, 3.63) is 29.3 Å². The average Bonchev–Trinajstić information content (AvgIpc) is 2.70. The predicted molar refractivity (Wildman–Crippen MR) is 71.4 cm³/mol. The molecule has 0 aromatic heterocycles. The molecule has 2 atom stereocenters. The summed E-state index contributed by atoms with van der Waals surface area (Å²) in [6, 6.07) is 5.40. The lowest BCUT2D eigenvalue weighted by molar-refractivity contribution is 0.0907. The Balaban J connectivity index is 1.95. The topological polar surface area (TPSA) is 64.4 Å². The number of nitrogen functional groups attached to an aromatic ring is 1. The van der Waals surface area contributed by atoms with E-state index in [1.165, 1.54) is 0 Å². The van der Waals surface area contributed by atoms with Crippen molar-refractivity contribution >= 4 is 11.6 Å². The molecule has 3 N–H and O–H groups in total. The smallest absolute Gasteiger partial charge is 0.251 e. The molecule has 4 nitrogen and oxygen atoms in total. The third-order valence-electron chi connectivity index (χ3n) is 3.42. The van der Waals surface area contributed by atoms with Gasteiger partial charge < -0.3 is 15.8 Å². The first-order valence-electron chi connectivity index (χ1n) is 6.33. The van der Waals surface area contributed by atoms with E-state index in [2.05, 4.69) is 12.2 Å².